The molecule has 1 fully saturated rings. The van der Waals surface area contributed by atoms with Crippen molar-refractivity contribution >= 4 is 28.3 Å². The summed E-state index contributed by atoms with van der Waals surface area (Å²) in [6.07, 6.45) is 0.780. The van der Waals surface area contributed by atoms with E-state index in [1.54, 1.807) is 19.2 Å². The summed E-state index contributed by atoms with van der Waals surface area (Å²) < 4.78 is 10.6. The van der Waals surface area contributed by atoms with E-state index in [4.69, 9.17) is 25.8 Å². The summed E-state index contributed by atoms with van der Waals surface area (Å²) in [6.45, 7) is 5.90. The van der Waals surface area contributed by atoms with E-state index in [0.717, 1.165) is 49.3 Å². The summed E-state index contributed by atoms with van der Waals surface area (Å²) in [4.78, 5) is 13.7. The van der Waals surface area contributed by atoms with Gasteiger partial charge in [-0.15, -0.1) is 0 Å². The Kier molecular flexibility index (Phi) is 6.13. The summed E-state index contributed by atoms with van der Waals surface area (Å²) in [5.41, 5.74) is 1.37. The van der Waals surface area contributed by atoms with Gasteiger partial charge in [0, 0.05) is 43.7 Å². The van der Waals surface area contributed by atoms with E-state index in [9.17, 15) is 5.26 Å². The fourth-order valence-corrected chi connectivity index (χ4v) is 3.76. The zero-order valence-corrected chi connectivity index (χ0v) is 17.8. The number of halogens is 1. The Bertz CT molecular complexity index is 1080. The van der Waals surface area contributed by atoms with Gasteiger partial charge in [0.15, 0.2) is 5.82 Å². The highest BCUT2D eigenvalue weighted by Gasteiger charge is 2.20. The Morgan fingerprint density at radius 1 is 1.23 bits per heavy atom. The zero-order chi connectivity index (χ0) is 21.1. The molecule has 8 nitrogen and oxygen atoms in total. The van der Waals surface area contributed by atoms with Gasteiger partial charge in [-0.25, -0.2) is 4.98 Å². The highest BCUT2D eigenvalue weighted by atomic mass is 35.5. The van der Waals surface area contributed by atoms with Crippen LogP contribution in [0.4, 0.5) is 5.82 Å². The lowest BCUT2D eigenvalue weighted by atomic mass is 10.1. The monoisotopic (exact) mass is 426 g/mol. The molecule has 0 amide bonds. The molecular weight excluding hydrogens is 404 g/mol. The number of ether oxygens (including phenoxy) is 1. The highest BCUT2D eigenvalue weighted by Crippen LogP contribution is 2.26. The van der Waals surface area contributed by atoms with E-state index >= 15 is 0 Å². The van der Waals surface area contributed by atoms with Gasteiger partial charge in [-0.2, -0.15) is 10.2 Å². The SMILES string of the molecule is COC(C)c1noc(CN2CCCN(c3cc(C#N)c4cc(Cl)ccc4n3)CC2)n1. The maximum Gasteiger partial charge on any atom is 0.240 e. The number of nitriles is 1. The molecule has 1 saturated heterocycles. The maximum absolute atomic E-state index is 9.59. The summed E-state index contributed by atoms with van der Waals surface area (Å²) >= 11 is 6.09. The minimum atomic E-state index is -0.190. The first-order chi connectivity index (χ1) is 14.6. The lowest BCUT2D eigenvalue weighted by molar-refractivity contribution is 0.109. The van der Waals surface area contributed by atoms with Crippen molar-refractivity contribution in [3.8, 4) is 6.07 Å². The second-order valence-electron chi connectivity index (χ2n) is 7.34. The second-order valence-corrected chi connectivity index (χ2v) is 7.78. The number of methoxy groups -OCH3 is 1. The minimum absolute atomic E-state index is 0.190. The van der Waals surface area contributed by atoms with Crippen LogP contribution in [0.2, 0.25) is 5.02 Å². The average molecular weight is 427 g/mol. The number of hydrogen-bond acceptors (Lipinski definition) is 8. The summed E-state index contributed by atoms with van der Waals surface area (Å²) in [5.74, 6) is 1.97. The molecule has 3 heterocycles. The molecule has 156 valence electrons. The van der Waals surface area contributed by atoms with Gasteiger partial charge < -0.3 is 14.2 Å². The third-order valence-corrected chi connectivity index (χ3v) is 5.59. The molecule has 0 saturated carbocycles. The number of hydrogen-bond donors (Lipinski definition) is 0. The Labute approximate surface area is 180 Å². The van der Waals surface area contributed by atoms with E-state index in [0.29, 0.717) is 28.8 Å². The number of rotatable bonds is 5. The van der Waals surface area contributed by atoms with Gasteiger partial charge in [0.2, 0.25) is 5.89 Å². The molecule has 3 aromatic rings. The van der Waals surface area contributed by atoms with Crippen molar-refractivity contribution in [3.63, 3.8) is 0 Å². The summed E-state index contributed by atoms with van der Waals surface area (Å²) in [6, 6.07) is 9.58. The van der Waals surface area contributed by atoms with Gasteiger partial charge in [0.1, 0.15) is 11.9 Å². The van der Waals surface area contributed by atoms with Crippen molar-refractivity contribution in [1.82, 2.24) is 20.0 Å². The first-order valence-electron chi connectivity index (χ1n) is 9.90. The van der Waals surface area contributed by atoms with Crippen LogP contribution in [-0.4, -0.2) is 53.3 Å². The Morgan fingerprint density at radius 3 is 2.90 bits per heavy atom. The molecule has 0 radical (unpaired) electrons. The van der Waals surface area contributed by atoms with Gasteiger partial charge in [0.05, 0.1) is 23.7 Å². The van der Waals surface area contributed by atoms with Crippen molar-refractivity contribution in [3.05, 3.63) is 46.6 Å². The largest absolute Gasteiger partial charge is 0.374 e. The first-order valence-corrected chi connectivity index (χ1v) is 10.3. The molecule has 1 atom stereocenters. The molecule has 30 heavy (non-hydrogen) atoms. The molecule has 1 aromatic carbocycles. The fraction of sp³-hybridized carbons (Fsp3) is 0.429. The number of fused-ring (bicyclic) bond motifs is 1. The summed E-state index contributed by atoms with van der Waals surface area (Å²) in [7, 11) is 1.62. The van der Waals surface area contributed by atoms with E-state index in [1.807, 2.05) is 19.1 Å². The zero-order valence-electron chi connectivity index (χ0n) is 17.0. The van der Waals surface area contributed by atoms with Crippen molar-refractivity contribution in [1.29, 1.82) is 5.26 Å². The minimum Gasteiger partial charge on any atom is -0.374 e. The van der Waals surface area contributed by atoms with E-state index in [2.05, 4.69) is 26.0 Å². The standard InChI is InChI=1S/C21H23ClN6O2/c1-14(29-2)21-25-20(30-26-21)13-27-6-3-7-28(9-8-27)19-10-15(12-23)17-11-16(22)4-5-18(17)24-19/h4-5,10-11,14H,3,6-9,13H2,1-2H3. The van der Waals surface area contributed by atoms with Gasteiger partial charge in [-0.3, -0.25) is 4.90 Å². The fourth-order valence-electron chi connectivity index (χ4n) is 3.59. The smallest absolute Gasteiger partial charge is 0.240 e. The molecule has 9 heteroatoms. The lowest BCUT2D eigenvalue weighted by Crippen LogP contribution is -2.31. The molecule has 0 aliphatic carbocycles. The normalized spacial score (nSPS) is 16.4. The number of nitrogens with zero attached hydrogens (tertiary/aromatic N) is 6. The van der Waals surface area contributed by atoms with Crippen molar-refractivity contribution < 1.29 is 9.26 Å². The first kappa shape index (κ1) is 20.5. The van der Waals surface area contributed by atoms with Gasteiger partial charge >= 0.3 is 0 Å². The molecule has 1 unspecified atom stereocenters. The van der Waals surface area contributed by atoms with Crippen LogP contribution in [0.1, 0.15) is 36.7 Å². The van der Waals surface area contributed by atoms with Crippen LogP contribution in [-0.2, 0) is 11.3 Å². The van der Waals surface area contributed by atoms with Crippen molar-refractivity contribution in [2.75, 3.05) is 38.2 Å². The van der Waals surface area contributed by atoms with Crippen molar-refractivity contribution in [2.45, 2.75) is 26.0 Å². The van der Waals surface area contributed by atoms with Crippen LogP contribution < -0.4 is 4.90 Å². The number of aromatic nitrogens is 3. The summed E-state index contributed by atoms with van der Waals surface area (Å²) in [5, 5.41) is 15.0. The second kappa shape index (κ2) is 8.96. The Morgan fingerprint density at radius 2 is 2.10 bits per heavy atom. The molecule has 0 bridgehead atoms. The van der Waals surface area contributed by atoms with Gasteiger partial charge in [-0.05, 0) is 37.6 Å². The molecular formula is C21H23ClN6O2. The average Bonchev–Trinajstić information content (AvgIpc) is 3.10. The molecule has 0 spiro atoms. The van der Waals surface area contributed by atoms with Crippen molar-refractivity contribution in [2.24, 2.45) is 0 Å². The van der Waals surface area contributed by atoms with E-state index in [-0.39, 0.29) is 6.10 Å². The molecule has 2 aromatic heterocycles. The predicted molar refractivity (Wildman–Crippen MR) is 113 cm³/mol. The number of pyridine rings is 1. The lowest BCUT2D eigenvalue weighted by Gasteiger charge is -2.23. The number of benzene rings is 1. The van der Waals surface area contributed by atoms with E-state index < -0.39 is 0 Å². The molecule has 1 aliphatic rings. The quantitative estimate of drug-likeness (QED) is 0.611. The third-order valence-electron chi connectivity index (χ3n) is 5.35. The van der Waals surface area contributed by atoms with E-state index in [1.165, 1.54) is 0 Å². The van der Waals surface area contributed by atoms with Gasteiger partial charge in [-0.1, -0.05) is 16.8 Å². The molecule has 1 aliphatic heterocycles. The predicted octanol–water partition coefficient (Wildman–Crippen LogP) is 3.56. The topological polar surface area (TPSA) is 91.3 Å². The highest BCUT2D eigenvalue weighted by molar-refractivity contribution is 6.31. The van der Waals surface area contributed by atoms with Crippen LogP contribution >= 0.6 is 11.6 Å². The molecule has 4 rings (SSSR count). The van der Waals surface area contributed by atoms with Crippen LogP contribution in [0, 0.1) is 11.3 Å². The van der Waals surface area contributed by atoms with Crippen LogP contribution in [0.15, 0.2) is 28.8 Å². The van der Waals surface area contributed by atoms with Crippen LogP contribution in [0.5, 0.6) is 0 Å². The van der Waals surface area contributed by atoms with Gasteiger partial charge in [0.25, 0.3) is 0 Å². The molecule has 0 N–H and O–H groups in total. The Hall–Kier alpha value is -2.73. The number of anilines is 1. The van der Waals surface area contributed by atoms with Crippen LogP contribution in [0.3, 0.4) is 0 Å². The maximum atomic E-state index is 9.59. The third kappa shape index (κ3) is 4.38. The Balaban J connectivity index is 1.47. The van der Waals surface area contributed by atoms with Crippen LogP contribution in [0.25, 0.3) is 10.9 Å².